The van der Waals surface area contributed by atoms with E-state index >= 15 is 22.0 Å². The van der Waals surface area contributed by atoms with Crippen LogP contribution >= 0.6 is 0 Å². The standard InChI is InChI=1S/C37H49F11O5/c1-3-4-5-22-6-8-24(9-7-22)26-19-49-33(50-20-26)25-10-12-27(13-11-25)35(42,43)51-28-16-29(38)32(30(39)17-28)36(44,45)52-31-15-23(14-21(31)2)18-34(40,41)53-37(46,47)48/h16-17,22-27,29,31-33H,2-15,18-20H2,1H3/t22?,23?,24?,25?,26?,27?,29?,31?,32-,33?/m0/s1. The SMILES string of the molecule is C=C1CC(CC(F)(F)OC(F)(F)F)CC1OC(F)(F)[C@@H]1C(F)=CC(OC(F)(F)C2CCC(C3OCC(C4CCC(CCCC)CC4)CO3)CC2)=CC1F. The molecular formula is C37H49F11O5. The molecule has 4 atom stereocenters. The average Bonchev–Trinajstić information content (AvgIpc) is 3.38. The molecular weight excluding hydrogens is 733 g/mol. The molecule has 1 heterocycles. The quantitative estimate of drug-likeness (QED) is 0.130. The van der Waals surface area contributed by atoms with Crippen molar-refractivity contribution in [1.29, 1.82) is 0 Å². The molecule has 0 bridgehead atoms. The fourth-order valence-corrected chi connectivity index (χ4v) is 8.73. The van der Waals surface area contributed by atoms with E-state index in [1.54, 1.807) is 0 Å². The van der Waals surface area contributed by atoms with Crippen molar-refractivity contribution in [2.75, 3.05) is 13.2 Å². The third-order valence-electron chi connectivity index (χ3n) is 11.6. The highest BCUT2D eigenvalue weighted by Gasteiger charge is 2.55. The summed E-state index contributed by atoms with van der Waals surface area (Å²) in [4.78, 5) is 0. The van der Waals surface area contributed by atoms with Gasteiger partial charge in [0.1, 0.15) is 23.7 Å². The van der Waals surface area contributed by atoms with Crippen molar-refractivity contribution in [3.05, 3.63) is 35.9 Å². The van der Waals surface area contributed by atoms with Crippen molar-refractivity contribution in [2.24, 2.45) is 41.4 Å². The summed E-state index contributed by atoms with van der Waals surface area (Å²) in [5, 5.41) is 0. The van der Waals surface area contributed by atoms with Gasteiger partial charge >= 0.3 is 24.7 Å². The normalized spacial score (nSPS) is 35.2. The van der Waals surface area contributed by atoms with Gasteiger partial charge in [-0.15, -0.1) is 13.2 Å². The van der Waals surface area contributed by atoms with Gasteiger partial charge in [0.15, 0.2) is 6.29 Å². The van der Waals surface area contributed by atoms with Crippen LogP contribution in [0.2, 0.25) is 0 Å². The van der Waals surface area contributed by atoms with Crippen LogP contribution in [0, 0.1) is 41.4 Å². The van der Waals surface area contributed by atoms with Crippen LogP contribution in [-0.4, -0.2) is 56.5 Å². The molecule has 0 aromatic rings. The van der Waals surface area contributed by atoms with Gasteiger partial charge < -0.3 is 18.9 Å². The van der Waals surface area contributed by atoms with Crippen LogP contribution in [0.3, 0.4) is 0 Å². The minimum Gasteiger partial charge on any atom is -0.433 e. The molecule has 4 aliphatic carbocycles. The van der Waals surface area contributed by atoms with Crippen LogP contribution < -0.4 is 0 Å². The van der Waals surface area contributed by atoms with E-state index in [1.165, 1.54) is 32.1 Å². The highest BCUT2D eigenvalue weighted by atomic mass is 19.4. The fourth-order valence-electron chi connectivity index (χ4n) is 8.73. The van der Waals surface area contributed by atoms with Gasteiger partial charge in [-0.1, -0.05) is 45.6 Å². The van der Waals surface area contributed by atoms with Crippen LogP contribution in [0.1, 0.15) is 96.8 Å². The Morgan fingerprint density at radius 3 is 2.02 bits per heavy atom. The van der Waals surface area contributed by atoms with Gasteiger partial charge in [-0.2, -0.15) is 26.3 Å². The van der Waals surface area contributed by atoms with Crippen LogP contribution in [0.25, 0.3) is 0 Å². The Morgan fingerprint density at radius 2 is 1.43 bits per heavy atom. The maximum atomic E-state index is 15.3. The number of alkyl halides is 10. The summed E-state index contributed by atoms with van der Waals surface area (Å²) in [5.41, 5.74) is -0.206. The molecule has 0 spiro atoms. The van der Waals surface area contributed by atoms with Gasteiger partial charge in [0.2, 0.25) is 0 Å². The lowest BCUT2D eigenvalue weighted by atomic mass is 9.74. The van der Waals surface area contributed by atoms with E-state index in [4.69, 9.17) is 14.2 Å². The first-order valence-electron chi connectivity index (χ1n) is 18.7. The number of hydrogen-bond donors (Lipinski definition) is 0. The Kier molecular flexibility index (Phi) is 13.6. The molecule has 5 aliphatic rings. The molecule has 0 aromatic carbocycles. The molecule has 0 N–H and O–H groups in total. The molecule has 304 valence electrons. The molecule has 3 unspecified atom stereocenters. The minimum atomic E-state index is -5.65. The summed E-state index contributed by atoms with van der Waals surface area (Å²) in [6.45, 7) is 6.74. The first-order chi connectivity index (χ1) is 24.7. The second-order valence-corrected chi connectivity index (χ2v) is 15.5. The van der Waals surface area contributed by atoms with Crippen molar-refractivity contribution < 1.29 is 72.0 Å². The third kappa shape index (κ3) is 11.3. The van der Waals surface area contributed by atoms with Crippen LogP contribution in [0.5, 0.6) is 0 Å². The number of rotatable bonds is 14. The molecule has 1 aliphatic heterocycles. The molecule has 0 amide bonds. The lowest BCUT2D eigenvalue weighted by Crippen LogP contribution is -2.43. The number of unbranched alkanes of at least 4 members (excludes halogenated alkanes) is 1. The Hall–Kier alpha value is -1.91. The van der Waals surface area contributed by atoms with E-state index < -0.39 is 91.9 Å². The molecule has 1 saturated heterocycles. The fraction of sp³-hybridized carbons (Fsp3) is 0.838. The lowest BCUT2D eigenvalue weighted by molar-refractivity contribution is -0.427. The molecule has 0 radical (unpaired) electrons. The van der Waals surface area contributed by atoms with E-state index in [-0.39, 0.29) is 36.5 Å². The van der Waals surface area contributed by atoms with Gasteiger partial charge in [0.25, 0.3) is 0 Å². The Balaban J connectivity index is 1.07. The molecule has 5 rings (SSSR count). The summed E-state index contributed by atoms with van der Waals surface area (Å²) in [6.07, 6.45) is -16.9. The second kappa shape index (κ2) is 17.1. The summed E-state index contributed by atoms with van der Waals surface area (Å²) in [6, 6.07) is 0. The van der Waals surface area contributed by atoms with Crippen molar-refractivity contribution in [1.82, 2.24) is 0 Å². The number of ether oxygens (including phenoxy) is 5. The first-order valence-corrected chi connectivity index (χ1v) is 18.7. The summed E-state index contributed by atoms with van der Waals surface area (Å²) < 4.78 is 179. The van der Waals surface area contributed by atoms with Crippen molar-refractivity contribution in [3.63, 3.8) is 0 Å². The van der Waals surface area contributed by atoms with E-state index in [2.05, 4.69) is 23.0 Å². The zero-order valence-corrected chi connectivity index (χ0v) is 29.6. The molecule has 5 nitrogen and oxygen atoms in total. The topological polar surface area (TPSA) is 46.2 Å². The van der Waals surface area contributed by atoms with Gasteiger partial charge in [-0.25, -0.2) is 13.5 Å². The van der Waals surface area contributed by atoms with Gasteiger partial charge in [-0.05, 0) is 80.8 Å². The highest BCUT2D eigenvalue weighted by Crippen LogP contribution is 2.48. The van der Waals surface area contributed by atoms with Crippen molar-refractivity contribution >= 4 is 0 Å². The number of hydrogen-bond acceptors (Lipinski definition) is 5. The summed E-state index contributed by atoms with van der Waals surface area (Å²) in [7, 11) is 0. The molecule has 16 heteroatoms. The highest BCUT2D eigenvalue weighted by molar-refractivity contribution is 5.27. The van der Waals surface area contributed by atoms with Crippen molar-refractivity contribution in [2.45, 2.75) is 140 Å². The Bertz CT molecular complexity index is 1280. The molecule has 4 fully saturated rings. The average molecular weight is 783 g/mol. The number of allylic oxidation sites excluding steroid dienone is 2. The largest absolute Gasteiger partial charge is 0.527 e. The smallest absolute Gasteiger partial charge is 0.433 e. The monoisotopic (exact) mass is 782 g/mol. The Morgan fingerprint density at radius 1 is 0.811 bits per heavy atom. The zero-order valence-electron chi connectivity index (χ0n) is 29.6. The second-order valence-electron chi connectivity index (χ2n) is 15.5. The first kappa shape index (κ1) is 42.2. The molecule has 53 heavy (non-hydrogen) atoms. The summed E-state index contributed by atoms with van der Waals surface area (Å²) in [5.74, 6) is -6.91. The van der Waals surface area contributed by atoms with Crippen LogP contribution in [0.4, 0.5) is 48.3 Å². The van der Waals surface area contributed by atoms with Gasteiger partial charge in [0, 0.05) is 24.3 Å². The maximum Gasteiger partial charge on any atom is 0.527 e. The van der Waals surface area contributed by atoms with Crippen molar-refractivity contribution in [3.8, 4) is 0 Å². The Labute approximate surface area is 302 Å². The van der Waals surface area contributed by atoms with E-state index in [1.807, 2.05) is 0 Å². The minimum absolute atomic E-state index is 0.000311. The van der Waals surface area contributed by atoms with Gasteiger partial charge in [-0.3, -0.25) is 0 Å². The maximum absolute atomic E-state index is 15.3. The van der Waals surface area contributed by atoms with E-state index in [0.29, 0.717) is 37.9 Å². The molecule has 0 aromatic heterocycles. The van der Waals surface area contributed by atoms with Crippen LogP contribution in [-0.2, 0) is 23.7 Å². The van der Waals surface area contributed by atoms with E-state index in [9.17, 15) is 26.3 Å². The van der Waals surface area contributed by atoms with Gasteiger partial charge in [0.05, 0.1) is 25.2 Å². The molecule has 3 saturated carbocycles. The zero-order chi connectivity index (χ0) is 38.8. The van der Waals surface area contributed by atoms with E-state index in [0.717, 1.165) is 18.8 Å². The predicted octanol–water partition coefficient (Wildman–Crippen LogP) is 11.6. The lowest BCUT2D eigenvalue weighted by Gasteiger charge is -2.41. The number of halogens is 11. The third-order valence-corrected chi connectivity index (χ3v) is 11.6. The summed E-state index contributed by atoms with van der Waals surface area (Å²) >= 11 is 0. The van der Waals surface area contributed by atoms with Crippen LogP contribution in [0.15, 0.2) is 35.9 Å². The predicted molar refractivity (Wildman–Crippen MR) is 170 cm³/mol.